The van der Waals surface area contributed by atoms with Crippen LogP contribution < -0.4 is 0 Å². The van der Waals surface area contributed by atoms with Crippen LogP contribution in [-0.4, -0.2) is 25.0 Å². The molecule has 1 saturated heterocycles. The molecule has 0 amide bonds. The first-order chi connectivity index (χ1) is 7.25. The largest absolute Gasteiger partial charge is 0.306 e. The van der Waals surface area contributed by atoms with E-state index in [1.807, 2.05) is 12.2 Å². The van der Waals surface area contributed by atoms with Gasteiger partial charge in [0.1, 0.15) is 5.83 Å². The molecule has 1 nitrogen and oxygen atoms in total. The number of likely N-dealkylation sites (tertiary alicyclic amines) is 1. The Kier molecular flexibility index (Phi) is 3.37. The summed E-state index contributed by atoms with van der Waals surface area (Å²) in [5.41, 5.74) is 1.40. The number of halogens is 1. The first kappa shape index (κ1) is 10.6. The van der Waals surface area contributed by atoms with Crippen molar-refractivity contribution < 1.29 is 4.39 Å². The van der Waals surface area contributed by atoms with Crippen molar-refractivity contribution in [2.45, 2.75) is 19.3 Å². The van der Waals surface area contributed by atoms with Gasteiger partial charge in [-0.2, -0.15) is 0 Å². The first-order valence-corrected chi connectivity index (χ1v) is 5.67. The van der Waals surface area contributed by atoms with E-state index in [0.29, 0.717) is 5.92 Å². The summed E-state index contributed by atoms with van der Waals surface area (Å²) in [7, 11) is 2.16. The van der Waals surface area contributed by atoms with E-state index < -0.39 is 0 Å². The maximum absolute atomic E-state index is 13.0. The van der Waals surface area contributed by atoms with Crippen molar-refractivity contribution in [2.75, 3.05) is 20.1 Å². The van der Waals surface area contributed by atoms with Gasteiger partial charge in [0.15, 0.2) is 0 Å². The smallest absolute Gasteiger partial charge is 0.122 e. The summed E-state index contributed by atoms with van der Waals surface area (Å²) in [6.45, 7) is 2.33. The Bertz CT molecular complexity index is 306. The fourth-order valence-corrected chi connectivity index (χ4v) is 2.30. The first-order valence-electron chi connectivity index (χ1n) is 5.67. The van der Waals surface area contributed by atoms with E-state index in [4.69, 9.17) is 0 Å². The molecule has 0 unspecified atom stereocenters. The molecule has 0 aromatic heterocycles. The highest BCUT2D eigenvalue weighted by Gasteiger charge is 2.19. The topological polar surface area (TPSA) is 3.24 Å². The number of allylic oxidation sites excluding steroid dienone is 6. The normalized spacial score (nSPS) is 24.7. The second-order valence-electron chi connectivity index (χ2n) is 4.48. The van der Waals surface area contributed by atoms with Crippen LogP contribution in [-0.2, 0) is 0 Å². The zero-order chi connectivity index (χ0) is 10.7. The number of hydrogen-bond acceptors (Lipinski definition) is 1. The molecule has 1 fully saturated rings. The molecule has 0 atom stereocenters. The van der Waals surface area contributed by atoms with Gasteiger partial charge in [0, 0.05) is 0 Å². The molecule has 0 aromatic rings. The number of rotatable bonds is 1. The zero-order valence-corrected chi connectivity index (χ0v) is 9.25. The molecule has 0 N–H and O–H groups in total. The summed E-state index contributed by atoms with van der Waals surface area (Å²) in [4.78, 5) is 2.36. The third kappa shape index (κ3) is 2.78. The molecule has 1 aliphatic carbocycles. The lowest BCUT2D eigenvalue weighted by Gasteiger charge is -2.30. The molecule has 0 saturated carbocycles. The average molecular weight is 207 g/mol. The second kappa shape index (κ2) is 4.75. The summed E-state index contributed by atoms with van der Waals surface area (Å²) < 4.78 is 13.0. The summed E-state index contributed by atoms with van der Waals surface area (Å²) in [5, 5.41) is 0. The minimum Gasteiger partial charge on any atom is -0.306 e. The van der Waals surface area contributed by atoms with Gasteiger partial charge in [-0.3, -0.25) is 0 Å². The van der Waals surface area contributed by atoms with Crippen LogP contribution >= 0.6 is 0 Å². The zero-order valence-electron chi connectivity index (χ0n) is 9.25. The van der Waals surface area contributed by atoms with Gasteiger partial charge in [-0.05, 0) is 57.5 Å². The summed E-state index contributed by atoms with van der Waals surface area (Å²) in [6, 6.07) is 0. The van der Waals surface area contributed by atoms with Gasteiger partial charge in [0.25, 0.3) is 0 Å². The van der Waals surface area contributed by atoms with E-state index in [-0.39, 0.29) is 5.83 Å². The Labute approximate surface area is 91.0 Å². The van der Waals surface area contributed by atoms with Gasteiger partial charge in [-0.1, -0.05) is 17.7 Å². The Hall–Kier alpha value is -0.890. The minimum atomic E-state index is -0.127. The number of hydrogen-bond donors (Lipinski definition) is 0. The van der Waals surface area contributed by atoms with Crippen molar-refractivity contribution in [3.63, 3.8) is 0 Å². The average Bonchev–Trinajstić information content (AvgIpc) is 2.44. The molecule has 82 valence electrons. The van der Waals surface area contributed by atoms with Crippen LogP contribution in [0.5, 0.6) is 0 Å². The third-order valence-electron chi connectivity index (χ3n) is 3.33. The van der Waals surface area contributed by atoms with E-state index in [2.05, 4.69) is 11.9 Å². The lowest BCUT2D eigenvalue weighted by molar-refractivity contribution is 0.237. The highest BCUT2D eigenvalue weighted by atomic mass is 19.1. The molecule has 1 heterocycles. The summed E-state index contributed by atoms with van der Waals surface area (Å²) >= 11 is 0. The van der Waals surface area contributed by atoms with E-state index in [9.17, 15) is 4.39 Å². The Morgan fingerprint density at radius 2 is 2.00 bits per heavy atom. The molecule has 0 spiro atoms. The highest BCUT2D eigenvalue weighted by molar-refractivity contribution is 5.28. The number of piperidine rings is 1. The molecule has 15 heavy (non-hydrogen) atoms. The molecule has 0 radical (unpaired) electrons. The van der Waals surface area contributed by atoms with Crippen LogP contribution in [0.25, 0.3) is 0 Å². The van der Waals surface area contributed by atoms with Crippen molar-refractivity contribution >= 4 is 0 Å². The Morgan fingerprint density at radius 1 is 1.27 bits per heavy atom. The molecular weight excluding hydrogens is 189 g/mol. The molecule has 0 bridgehead atoms. The van der Waals surface area contributed by atoms with Crippen LogP contribution in [0, 0.1) is 5.92 Å². The van der Waals surface area contributed by atoms with Crippen LogP contribution in [0.1, 0.15) is 19.3 Å². The molecule has 1 aliphatic heterocycles. The molecule has 2 heteroatoms. The van der Waals surface area contributed by atoms with Gasteiger partial charge >= 0.3 is 0 Å². The lowest BCUT2D eigenvalue weighted by atomic mass is 9.87. The molecular formula is C13H18FN. The monoisotopic (exact) mass is 207 g/mol. The van der Waals surface area contributed by atoms with Gasteiger partial charge in [-0.25, -0.2) is 4.39 Å². The molecule has 2 aliphatic rings. The fraction of sp³-hybridized carbons (Fsp3) is 0.538. The van der Waals surface area contributed by atoms with E-state index in [1.54, 1.807) is 12.2 Å². The number of nitrogens with zero attached hydrogens (tertiary/aromatic N) is 1. The van der Waals surface area contributed by atoms with E-state index >= 15 is 0 Å². The predicted octanol–water partition coefficient (Wildman–Crippen LogP) is 3.07. The van der Waals surface area contributed by atoms with E-state index in [1.165, 1.54) is 18.4 Å². The minimum absolute atomic E-state index is 0.127. The van der Waals surface area contributed by atoms with Crippen molar-refractivity contribution in [3.8, 4) is 0 Å². The van der Waals surface area contributed by atoms with Gasteiger partial charge in [0.05, 0.1) is 0 Å². The molecule has 0 aromatic carbocycles. The van der Waals surface area contributed by atoms with Crippen LogP contribution in [0.2, 0.25) is 0 Å². The predicted molar refractivity (Wildman–Crippen MR) is 61.3 cm³/mol. The van der Waals surface area contributed by atoms with Gasteiger partial charge < -0.3 is 4.90 Å². The van der Waals surface area contributed by atoms with Crippen molar-refractivity contribution in [1.82, 2.24) is 4.90 Å². The maximum atomic E-state index is 13.0. The Balaban J connectivity index is 2.02. The van der Waals surface area contributed by atoms with Gasteiger partial charge in [-0.15, -0.1) is 0 Å². The SMILES string of the molecule is CN1CCC(C2=CC=C(F)C=CC2)CC1. The summed E-state index contributed by atoms with van der Waals surface area (Å²) in [6.07, 6.45) is 10.4. The quantitative estimate of drug-likeness (QED) is 0.638. The van der Waals surface area contributed by atoms with Crippen LogP contribution in [0.15, 0.2) is 35.7 Å². The maximum Gasteiger partial charge on any atom is 0.122 e. The molecule has 2 rings (SSSR count). The summed E-state index contributed by atoms with van der Waals surface area (Å²) in [5.74, 6) is 0.533. The lowest BCUT2D eigenvalue weighted by Crippen LogP contribution is -2.30. The standard InChI is InChI=1S/C13H18FN/c1-15-9-7-12(8-10-15)11-3-2-4-13(14)6-5-11/h2,4-6,12H,3,7-10H2,1H3. The third-order valence-corrected chi connectivity index (χ3v) is 3.33. The van der Waals surface area contributed by atoms with E-state index in [0.717, 1.165) is 19.5 Å². The van der Waals surface area contributed by atoms with Crippen molar-refractivity contribution in [3.05, 3.63) is 35.7 Å². The van der Waals surface area contributed by atoms with Gasteiger partial charge in [0.2, 0.25) is 0 Å². The van der Waals surface area contributed by atoms with Crippen LogP contribution in [0.4, 0.5) is 4.39 Å². The van der Waals surface area contributed by atoms with Crippen molar-refractivity contribution in [1.29, 1.82) is 0 Å². The van der Waals surface area contributed by atoms with Crippen LogP contribution in [0.3, 0.4) is 0 Å². The second-order valence-corrected chi connectivity index (χ2v) is 4.48. The Morgan fingerprint density at radius 3 is 2.73 bits per heavy atom. The van der Waals surface area contributed by atoms with Crippen molar-refractivity contribution in [2.24, 2.45) is 5.92 Å². The fourth-order valence-electron chi connectivity index (χ4n) is 2.30. The highest BCUT2D eigenvalue weighted by Crippen LogP contribution is 2.28.